The molecule has 0 radical (unpaired) electrons. The Morgan fingerprint density at radius 1 is 0.255 bits per heavy atom. The maximum atomic E-state index is 6.98. The molecule has 6 fully saturated rings. The molecule has 1 nitrogen and oxygen atoms in total. The maximum absolute atomic E-state index is 6.98. The second-order valence-corrected chi connectivity index (χ2v) is 36.6. The molecule has 0 atom stereocenters. The minimum atomic E-state index is -0.125. The van der Waals surface area contributed by atoms with Crippen molar-refractivity contribution >= 4 is 21.9 Å². The third kappa shape index (κ3) is 13.3. The second-order valence-electron chi connectivity index (χ2n) is 36.6. The molecule has 20 rings (SSSR count). The lowest BCUT2D eigenvalue weighted by Crippen LogP contribution is -2.46. The zero-order valence-electron chi connectivity index (χ0n) is 67.3. The molecule has 0 spiro atoms. The Hall–Kier alpha value is -8.78. The SMILES string of the molecule is CCCCCCCCC1(CCCCCCCC)c2cc(-c3ccc4c(c3)C(C)(C)c3cc(-c5ccc(C)cc5)ccc3-4)ccc2-c2ccc(-c3ccc4c(c3)oc3cc(-c5ccc(C67CCC(c8ccc(-c9ccc(-c%10ccc(C%11%12CCC(CCCCCC)(CC%11)CC%12)cc%10)cc9)cc8)(CC6)CC7)cc5)ccc34)cc21. The molecule has 11 aromatic carbocycles. The van der Waals surface area contributed by atoms with Gasteiger partial charge < -0.3 is 4.42 Å². The normalized spacial score (nSPS) is 21.0. The molecule has 4 bridgehead atoms. The second kappa shape index (κ2) is 30.0. The van der Waals surface area contributed by atoms with Gasteiger partial charge in [0.2, 0.25) is 0 Å². The molecule has 8 aliphatic carbocycles. The van der Waals surface area contributed by atoms with Crippen LogP contribution in [0.4, 0.5) is 0 Å². The molecule has 1 heteroatoms. The number of fused-ring (bicyclic) bond motifs is 15. The van der Waals surface area contributed by atoms with E-state index in [0.29, 0.717) is 10.8 Å². The average Bonchev–Trinajstić information content (AvgIpc) is 1.63. The van der Waals surface area contributed by atoms with Gasteiger partial charge in [-0.2, -0.15) is 0 Å². The number of unbranched alkanes of at least 4 members (excludes halogenated alkanes) is 13. The van der Waals surface area contributed by atoms with Gasteiger partial charge in [-0.3, -0.25) is 0 Å². The monoisotopic (exact) mass is 1440 g/mol. The summed E-state index contributed by atoms with van der Waals surface area (Å²) in [5.41, 5.74) is 36.3. The molecule has 1 heterocycles. The number of rotatable bonds is 28. The van der Waals surface area contributed by atoms with Crippen LogP contribution >= 0.6 is 0 Å². The summed E-state index contributed by atoms with van der Waals surface area (Å²) >= 11 is 0. The highest BCUT2D eigenvalue weighted by molar-refractivity contribution is 6.07. The van der Waals surface area contributed by atoms with Gasteiger partial charge in [0.05, 0.1) is 0 Å². The Kier molecular flexibility index (Phi) is 19.9. The van der Waals surface area contributed by atoms with Gasteiger partial charge in [-0.25, -0.2) is 0 Å². The van der Waals surface area contributed by atoms with E-state index in [1.54, 1.807) is 16.7 Å². The summed E-state index contributed by atoms with van der Waals surface area (Å²) in [5, 5.41) is 2.36. The number of aryl methyl sites for hydroxylation is 1. The Balaban J connectivity index is 0.558. The minimum absolute atomic E-state index is 0.0782. The third-order valence-electron chi connectivity index (χ3n) is 30.1. The zero-order chi connectivity index (χ0) is 74.7. The number of benzene rings is 11. The predicted octanol–water partition coefficient (Wildman–Crippen LogP) is 32.1. The van der Waals surface area contributed by atoms with Gasteiger partial charge >= 0.3 is 0 Å². The molecule has 0 saturated heterocycles. The van der Waals surface area contributed by atoms with Crippen molar-refractivity contribution < 1.29 is 4.42 Å². The van der Waals surface area contributed by atoms with Crippen molar-refractivity contribution in [3.8, 4) is 89.0 Å². The van der Waals surface area contributed by atoms with Crippen LogP contribution in [-0.2, 0) is 27.1 Å². The summed E-state index contributed by atoms with van der Waals surface area (Å²) in [6.45, 7) is 14.1. The first-order chi connectivity index (χ1) is 53.8. The molecular weight excluding hydrogens is 1330 g/mol. The van der Waals surface area contributed by atoms with Crippen LogP contribution in [0, 0.1) is 12.3 Å². The molecule has 8 aliphatic rings. The fourth-order valence-corrected chi connectivity index (χ4v) is 22.9. The quantitative estimate of drug-likeness (QED) is 0.0446. The third-order valence-corrected chi connectivity index (χ3v) is 30.1. The van der Waals surface area contributed by atoms with Gasteiger partial charge in [-0.15, -0.1) is 0 Å². The summed E-state index contributed by atoms with van der Waals surface area (Å²) < 4.78 is 6.98. The maximum Gasteiger partial charge on any atom is 0.136 e. The fourth-order valence-electron chi connectivity index (χ4n) is 22.9. The van der Waals surface area contributed by atoms with Gasteiger partial charge in [0, 0.05) is 21.6 Å². The zero-order valence-corrected chi connectivity index (χ0v) is 67.3. The summed E-state index contributed by atoms with van der Waals surface area (Å²) in [4.78, 5) is 0. The van der Waals surface area contributed by atoms with Crippen molar-refractivity contribution in [1.29, 1.82) is 0 Å². The Morgan fingerprint density at radius 2 is 0.518 bits per heavy atom. The first-order valence-electron chi connectivity index (χ1n) is 43.9. The topological polar surface area (TPSA) is 13.1 Å². The smallest absolute Gasteiger partial charge is 0.136 e. The molecular formula is C109H118O. The van der Waals surface area contributed by atoms with E-state index in [2.05, 4.69) is 272 Å². The first-order valence-corrected chi connectivity index (χ1v) is 43.9. The first kappa shape index (κ1) is 72.7. The molecule has 0 N–H and O–H groups in total. The molecule has 0 unspecified atom stereocenters. The lowest BCUT2D eigenvalue weighted by molar-refractivity contribution is 0.0305. The largest absolute Gasteiger partial charge is 0.456 e. The van der Waals surface area contributed by atoms with Gasteiger partial charge in [-0.05, 0) is 301 Å². The summed E-state index contributed by atoms with van der Waals surface area (Å²) in [6, 6.07) is 91.4. The van der Waals surface area contributed by atoms with E-state index in [-0.39, 0.29) is 21.7 Å². The van der Waals surface area contributed by atoms with Crippen molar-refractivity contribution in [2.45, 2.75) is 268 Å². The van der Waals surface area contributed by atoms with Crippen LogP contribution < -0.4 is 0 Å². The lowest BCUT2D eigenvalue weighted by Gasteiger charge is -2.54. The van der Waals surface area contributed by atoms with Gasteiger partial charge in [0.1, 0.15) is 11.2 Å². The van der Waals surface area contributed by atoms with Crippen LogP contribution in [-0.4, -0.2) is 0 Å². The number of furan rings is 1. The highest BCUT2D eigenvalue weighted by Gasteiger charge is 2.51. The van der Waals surface area contributed by atoms with Gasteiger partial charge in [0.15, 0.2) is 0 Å². The van der Waals surface area contributed by atoms with E-state index in [0.717, 1.165) is 11.2 Å². The number of hydrogen-bond acceptors (Lipinski definition) is 1. The lowest BCUT2D eigenvalue weighted by atomic mass is 9.50. The standard InChI is InChI=1S/C109H118O/c1-7-10-13-16-18-21-56-109(57-22-19-17-14-11-8-2)100-72-85(84-38-50-93-92-49-37-83(81-25-23-76(4)24-26-81)70-98(92)104(5,6)99(93)71-84)39-51-94(100)95-52-40-86(73-101(95)109)88-42-54-97-96-53-41-87(74-102(96)110-103(97)75-88)82-35-47-91(48-36-82)108-67-64-107(65-68-108,66-69-108)90-45-33-80(34-46-90)78-29-27-77(28-30-78)79-31-43-89(44-32-79)106-61-58-105(59-62-106,60-63-106)55-20-15-12-9-3/h23-54,70-75H,7-22,55-69H2,1-6H3. The summed E-state index contributed by atoms with van der Waals surface area (Å²) in [7, 11) is 0. The fraction of sp³-hybridized carbons (Fsp3) is 0.394. The molecule has 0 amide bonds. The minimum Gasteiger partial charge on any atom is -0.456 e. The van der Waals surface area contributed by atoms with Crippen molar-refractivity contribution in [2.75, 3.05) is 0 Å². The van der Waals surface area contributed by atoms with E-state index in [1.165, 1.54) is 327 Å². The van der Waals surface area contributed by atoms with E-state index < -0.39 is 0 Å². The Bertz CT molecular complexity index is 5230. The van der Waals surface area contributed by atoms with Gasteiger partial charge in [0.25, 0.3) is 0 Å². The Morgan fingerprint density at radius 3 is 0.909 bits per heavy atom. The predicted molar refractivity (Wildman–Crippen MR) is 469 cm³/mol. The van der Waals surface area contributed by atoms with E-state index in [1.807, 2.05) is 0 Å². The van der Waals surface area contributed by atoms with Crippen LogP contribution in [0.25, 0.3) is 111 Å². The van der Waals surface area contributed by atoms with Crippen molar-refractivity contribution in [3.63, 3.8) is 0 Å². The van der Waals surface area contributed by atoms with Crippen LogP contribution in [0.1, 0.15) is 278 Å². The van der Waals surface area contributed by atoms with Crippen LogP contribution in [0.15, 0.2) is 235 Å². The van der Waals surface area contributed by atoms with Crippen molar-refractivity contribution in [3.05, 3.63) is 275 Å². The molecule has 6 saturated carbocycles. The van der Waals surface area contributed by atoms with Crippen LogP contribution in [0.2, 0.25) is 0 Å². The Labute approximate surface area is 659 Å². The molecule has 12 aromatic rings. The van der Waals surface area contributed by atoms with E-state index >= 15 is 0 Å². The highest BCUT2D eigenvalue weighted by Crippen LogP contribution is 2.62. The average molecular weight is 1440 g/mol. The van der Waals surface area contributed by atoms with Crippen molar-refractivity contribution in [2.24, 2.45) is 5.41 Å². The molecule has 560 valence electrons. The van der Waals surface area contributed by atoms with Crippen molar-refractivity contribution in [1.82, 2.24) is 0 Å². The summed E-state index contributed by atoms with van der Waals surface area (Å²) in [5.74, 6) is 0. The summed E-state index contributed by atoms with van der Waals surface area (Å²) in [6.07, 6.45) is 41.1. The number of hydrogen-bond donors (Lipinski definition) is 0. The van der Waals surface area contributed by atoms with Gasteiger partial charge in [-0.1, -0.05) is 325 Å². The van der Waals surface area contributed by atoms with Crippen LogP contribution in [0.5, 0.6) is 0 Å². The molecule has 0 aliphatic heterocycles. The van der Waals surface area contributed by atoms with E-state index in [4.69, 9.17) is 4.42 Å². The van der Waals surface area contributed by atoms with E-state index in [9.17, 15) is 0 Å². The molecule has 110 heavy (non-hydrogen) atoms. The highest BCUT2D eigenvalue weighted by atomic mass is 16.3. The molecule has 1 aromatic heterocycles. The van der Waals surface area contributed by atoms with Crippen LogP contribution in [0.3, 0.4) is 0 Å².